The van der Waals surface area contributed by atoms with E-state index < -0.39 is 0 Å². The highest BCUT2D eigenvalue weighted by Gasteiger charge is 2.25. The lowest BCUT2D eigenvalue weighted by molar-refractivity contribution is 0.0963. The van der Waals surface area contributed by atoms with E-state index in [1.165, 1.54) is 12.8 Å². The van der Waals surface area contributed by atoms with Crippen molar-refractivity contribution >= 4 is 35.8 Å². The molecule has 2 fully saturated rings. The maximum Gasteiger partial charge on any atom is 0.256 e. The average Bonchev–Trinajstić information content (AvgIpc) is 3.54. The van der Waals surface area contributed by atoms with Crippen LogP contribution in [0.4, 0.5) is 17.5 Å². The van der Waals surface area contributed by atoms with Gasteiger partial charge >= 0.3 is 0 Å². The van der Waals surface area contributed by atoms with Gasteiger partial charge in [-0.05, 0) is 31.9 Å². The number of halogens is 1. The molecule has 2 aliphatic rings. The minimum atomic E-state index is -0.222. The van der Waals surface area contributed by atoms with Crippen molar-refractivity contribution in [3.63, 3.8) is 0 Å². The molecule has 0 spiro atoms. The zero-order valence-electron chi connectivity index (χ0n) is 16.1. The molecule has 1 amide bonds. The number of nitrogens with one attached hydrogen (secondary N) is 3. The minimum absolute atomic E-state index is 0. The average molecular weight is 404 g/mol. The van der Waals surface area contributed by atoms with E-state index in [1.54, 1.807) is 19.4 Å². The molecule has 0 bridgehead atoms. The summed E-state index contributed by atoms with van der Waals surface area (Å²) < 4.78 is 0. The van der Waals surface area contributed by atoms with Crippen LogP contribution in [0.2, 0.25) is 0 Å². The molecule has 3 heterocycles. The second-order valence-electron chi connectivity index (χ2n) is 7.13. The van der Waals surface area contributed by atoms with Crippen LogP contribution < -0.4 is 20.9 Å². The lowest BCUT2D eigenvalue weighted by atomic mass is 10.2. The van der Waals surface area contributed by atoms with Crippen LogP contribution in [0.3, 0.4) is 0 Å². The first kappa shape index (κ1) is 20.3. The normalized spacial score (nSPS) is 18.9. The van der Waals surface area contributed by atoms with Crippen molar-refractivity contribution in [2.75, 3.05) is 36.9 Å². The predicted octanol–water partition coefficient (Wildman–Crippen LogP) is 2.07. The van der Waals surface area contributed by atoms with Gasteiger partial charge in [-0.15, -0.1) is 12.4 Å². The second kappa shape index (κ2) is 8.70. The number of carbonyl (C=O) groups is 1. The molecule has 4 rings (SSSR count). The fourth-order valence-electron chi connectivity index (χ4n) is 3.28. The number of pyridine rings is 1. The first-order chi connectivity index (χ1) is 13.2. The Morgan fingerprint density at radius 3 is 2.71 bits per heavy atom. The number of rotatable bonds is 5. The maximum absolute atomic E-state index is 12.3. The molecule has 1 atom stereocenters. The van der Waals surface area contributed by atoms with Crippen molar-refractivity contribution in [1.29, 1.82) is 0 Å². The van der Waals surface area contributed by atoms with E-state index in [0.29, 0.717) is 23.2 Å². The van der Waals surface area contributed by atoms with Gasteiger partial charge in [0.25, 0.3) is 5.91 Å². The molecule has 0 aromatic carbocycles. The Morgan fingerprint density at radius 2 is 2.07 bits per heavy atom. The van der Waals surface area contributed by atoms with Crippen LogP contribution in [0.15, 0.2) is 24.5 Å². The summed E-state index contributed by atoms with van der Waals surface area (Å²) in [6.07, 6.45) is 5.83. The monoisotopic (exact) mass is 403 g/mol. The zero-order chi connectivity index (χ0) is 18.8. The summed E-state index contributed by atoms with van der Waals surface area (Å²) in [5.74, 6) is 1.51. The van der Waals surface area contributed by atoms with Crippen LogP contribution >= 0.6 is 12.4 Å². The first-order valence-corrected chi connectivity index (χ1v) is 9.45. The Morgan fingerprint density at radius 1 is 1.25 bits per heavy atom. The van der Waals surface area contributed by atoms with E-state index in [1.807, 2.05) is 12.1 Å². The Kier molecular flexibility index (Phi) is 6.31. The van der Waals surface area contributed by atoms with E-state index in [0.717, 1.165) is 31.0 Å². The fourth-order valence-corrected chi connectivity index (χ4v) is 3.28. The first-order valence-electron chi connectivity index (χ1n) is 9.45. The SMILES string of the molecule is CNC(=O)c1cnc(N2CCNC[C@H]2C)nc1Nc1ccc(C2CC2)nc1.Cl. The quantitative estimate of drug-likeness (QED) is 0.703. The molecule has 0 unspecified atom stereocenters. The molecule has 1 saturated heterocycles. The van der Waals surface area contributed by atoms with Crippen LogP contribution in [0, 0.1) is 0 Å². The molecule has 3 N–H and O–H groups in total. The number of hydrogen-bond donors (Lipinski definition) is 3. The third-order valence-corrected chi connectivity index (χ3v) is 5.05. The van der Waals surface area contributed by atoms with Crippen molar-refractivity contribution in [2.24, 2.45) is 0 Å². The summed E-state index contributed by atoms with van der Waals surface area (Å²) >= 11 is 0. The highest BCUT2D eigenvalue weighted by molar-refractivity contribution is 5.99. The van der Waals surface area contributed by atoms with Crippen molar-refractivity contribution < 1.29 is 4.79 Å². The molecule has 28 heavy (non-hydrogen) atoms. The number of hydrogen-bond acceptors (Lipinski definition) is 7. The Hall–Kier alpha value is -2.45. The number of nitrogens with zero attached hydrogens (tertiary/aromatic N) is 4. The van der Waals surface area contributed by atoms with E-state index in [2.05, 4.69) is 42.7 Å². The molecule has 2 aromatic heterocycles. The molecule has 150 valence electrons. The lowest BCUT2D eigenvalue weighted by Crippen LogP contribution is -2.50. The summed E-state index contributed by atoms with van der Waals surface area (Å²) in [5.41, 5.74) is 2.35. The van der Waals surface area contributed by atoms with Crippen LogP contribution in [0.1, 0.15) is 41.7 Å². The largest absolute Gasteiger partial charge is 0.355 e. The van der Waals surface area contributed by atoms with Crippen molar-refractivity contribution in [2.45, 2.75) is 31.7 Å². The smallest absolute Gasteiger partial charge is 0.256 e. The van der Waals surface area contributed by atoms with E-state index in [4.69, 9.17) is 0 Å². The summed E-state index contributed by atoms with van der Waals surface area (Å²) in [5, 5.41) is 9.26. The van der Waals surface area contributed by atoms with Crippen LogP contribution in [-0.4, -0.2) is 53.6 Å². The highest BCUT2D eigenvalue weighted by Crippen LogP contribution is 2.39. The fraction of sp³-hybridized carbons (Fsp3) is 0.474. The number of anilines is 3. The molecular weight excluding hydrogens is 378 g/mol. The molecule has 0 radical (unpaired) electrons. The summed E-state index contributed by atoms with van der Waals surface area (Å²) in [6.45, 7) is 4.74. The summed E-state index contributed by atoms with van der Waals surface area (Å²) in [7, 11) is 1.60. The van der Waals surface area contributed by atoms with Crippen LogP contribution in [0.5, 0.6) is 0 Å². The van der Waals surface area contributed by atoms with Crippen molar-refractivity contribution in [3.8, 4) is 0 Å². The van der Waals surface area contributed by atoms with Gasteiger partial charge in [0.2, 0.25) is 5.95 Å². The molecule has 1 aliphatic carbocycles. The Bertz CT molecular complexity index is 826. The maximum atomic E-state index is 12.3. The van der Waals surface area contributed by atoms with Gasteiger partial charge in [0, 0.05) is 50.5 Å². The second-order valence-corrected chi connectivity index (χ2v) is 7.13. The van der Waals surface area contributed by atoms with E-state index in [9.17, 15) is 4.79 Å². The van der Waals surface area contributed by atoms with Gasteiger partial charge in [-0.2, -0.15) is 4.98 Å². The van der Waals surface area contributed by atoms with Gasteiger partial charge in [0.15, 0.2) is 0 Å². The third kappa shape index (κ3) is 4.34. The Balaban J connectivity index is 0.00000225. The molecule has 9 heteroatoms. The number of aromatic nitrogens is 3. The van der Waals surface area contributed by atoms with Gasteiger partial charge in [0.05, 0.1) is 11.9 Å². The third-order valence-electron chi connectivity index (χ3n) is 5.05. The summed E-state index contributed by atoms with van der Waals surface area (Å²) in [4.78, 5) is 28.1. The van der Waals surface area contributed by atoms with Crippen LogP contribution in [0.25, 0.3) is 0 Å². The minimum Gasteiger partial charge on any atom is -0.355 e. The topological polar surface area (TPSA) is 95.1 Å². The molecular formula is C19H26ClN7O. The van der Waals surface area contributed by atoms with Crippen molar-refractivity contribution in [1.82, 2.24) is 25.6 Å². The number of piperazine rings is 1. The van der Waals surface area contributed by atoms with Gasteiger partial charge in [-0.3, -0.25) is 9.78 Å². The van der Waals surface area contributed by atoms with Gasteiger partial charge in [0.1, 0.15) is 11.4 Å². The van der Waals surface area contributed by atoms with E-state index in [-0.39, 0.29) is 24.4 Å². The Labute approximate surface area is 171 Å². The number of carbonyl (C=O) groups excluding carboxylic acids is 1. The van der Waals surface area contributed by atoms with Gasteiger partial charge in [-0.25, -0.2) is 4.98 Å². The highest BCUT2D eigenvalue weighted by atomic mass is 35.5. The molecule has 8 nitrogen and oxygen atoms in total. The predicted molar refractivity (Wildman–Crippen MR) is 112 cm³/mol. The van der Waals surface area contributed by atoms with E-state index >= 15 is 0 Å². The van der Waals surface area contributed by atoms with Gasteiger partial charge in [-0.1, -0.05) is 0 Å². The number of amides is 1. The van der Waals surface area contributed by atoms with Crippen LogP contribution in [-0.2, 0) is 0 Å². The zero-order valence-corrected chi connectivity index (χ0v) is 16.9. The standard InChI is InChI=1S/C19H25N7O.ClH/c1-12-9-21-7-8-26(12)19-23-11-15(18(27)20-2)17(25-19)24-14-5-6-16(22-10-14)13-3-4-13;/h5-6,10-13,21H,3-4,7-9H2,1-2H3,(H,20,27)(H,23,24,25);1H/t12-;/m1./s1. The summed E-state index contributed by atoms with van der Waals surface area (Å²) in [6, 6.07) is 4.32. The van der Waals surface area contributed by atoms with Crippen molar-refractivity contribution in [3.05, 3.63) is 35.8 Å². The molecule has 1 aliphatic heterocycles. The molecule has 2 aromatic rings. The van der Waals surface area contributed by atoms with Gasteiger partial charge < -0.3 is 20.9 Å². The lowest BCUT2D eigenvalue weighted by Gasteiger charge is -2.34. The molecule has 1 saturated carbocycles.